The summed E-state index contributed by atoms with van der Waals surface area (Å²) in [5, 5.41) is 3.61. The fraction of sp³-hybridized carbons (Fsp3) is 1.00. The third-order valence-electron chi connectivity index (χ3n) is 3.44. The minimum absolute atomic E-state index is 0.309. The predicted molar refractivity (Wildman–Crippen MR) is 53.8 cm³/mol. The summed E-state index contributed by atoms with van der Waals surface area (Å²) in [6.07, 6.45) is 7.69. The SMILES string of the molecule is CCCNC1CCOC2(CCC2)C1. The monoisotopic (exact) mass is 183 g/mol. The maximum absolute atomic E-state index is 5.87. The van der Waals surface area contributed by atoms with Gasteiger partial charge in [0, 0.05) is 12.6 Å². The number of hydrogen-bond donors (Lipinski definition) is 1. The van der Waals surface area contributed by atoms with Crippen molar-refractivity contribution in [3.63, 3.8) is 0 Å². The molecule has 1 saturated carbocycles. The Kier molecular flexibility index (Phi) is 2.89. The average molecular weight is 183 g/mol. The zero-order valence-corrected chi connectivity index (χ0v) is 8.64. The van der Waals surface area contributed by atoms with Crippen molar-refractivity contribution in [2.45, 2.75) is 57.1 Å². The van der Waals surface area contributed by atoms with Gasteiger partial charge in [0.15, 0.2) is 0 Å². The van der Waals surface area contributed by atoms with Crippen LogP contribution in [0.1, 0.15) is 45.4 Å². The van der Waals surface area contributed by atoms with Crippen LogP contribution in [-0.2, 0) is 4.74 Å². The van der Waals surface area contributed by atoms with Crippen LogP contribution in [0.2, 0.25) is 0 Å². The Morgan fingerprint density at radius 2 is 2.31 bits per heavy atom. The lowest BCUT2D eigenvalue weighted by atomic mass is 9.74. The van der Waals surface area contributed by atoms with Crippen LogP contribution in [0.3, 0.4) is 0 Å². The first-order valence-corrected chi connectivity index (χ1v) is 5.72. The zero-order chi connectivity index (χ0) is 9.15. The van der Waals surface area contributed by atoms with E-state index >= 15 is 0 Å². The van der Waals surface area contributed by atoms with Crippen molar-refractivity contribution in [1.82, 2.24) is 5.32 Å². The molecule has 1 unspecified atom stereocenters. The second kappa shape index (κ2) is 3.97. The normalized spacial score (nSPS) is 31.6. The third-order valence-corrected chi connectivity index (χ3v) is 3.44. The van der Waals surface area contributed by atoms with Gasteiger partial charge < -0.3 is 10.1 Å². The van der Waals surface area contributed by atoms with Crippen molar-refractivity contribution >= 4 is 0 Å². The molecule has 1 N–H and O–H groups in total. The van der Waals surface area contributed by atoms with Gasteiger partial charge in [-0.25, -0.2) is 0 Å². The van der Waals surface area contributed by atoms with Gasteiger partial charge in [-0.05, 0) is 45.1 Å². The molecule has 0 amide bonds. The Morgan fingerprint density at radius 3 is 2.92 bits per heavy atom. The molecule has 2 fully saturated rings. The Hall–Kier alpha value is -0.0800. The van der Waals surface area contributed by atoms with E-state index in [2.05, 4.69) is 12.2 Å². The van der Waals surface area contributed by atoms with E-state index in [0.717, 1.165) is 12.6 Å². The van der Waals surface area contributed by atoms with Crippen molar-refractivity contribution in [2.24, 2.45) is 0 Å². The highest BCUT2D eigenvalue weighted by atomic mass is 16.5. The lowest BCUT2D eigenvalue weighted by molar-refractivity contribution is -0.135. The minimum Gasteiger partial charge on any atom is -0.375 e. The van der Waals surface area contributed by atoms with E-state index in [1.54, 1.807) is 0 Å². The summed E-state index contributed by atoms with van der Waals surface area (Å²) in [6, 6.07) is 0.731. The highest BCUT2D eigenvalue weighted by Crippen LogP contribution is 2.42. The number of hydrogen-bond acceptors (Lipinski definition) is 2. The standard InChI is InChI=1S/C11H21NO/c1-2-7-12-10-4-8-13-11(9-10)5-3-6-11/h10,12H,2-9H2,1H3. The molecule has 76 valence electrons. The first-order chi connectivity index (χ1) is 6.35. The summed E-state index contributed by atoms with van der Waals surface area (Å²) in [7, 11) is 0. The molecular formula is C11H21NO. The van der Waals surface area contributed by atoms with E-state index in [4.69, 9.17) is 4.74 Å². The van der Waals surface area contributed by atoms with Crippen LogP contribution in [0.5, 0.6) is 0 Å². The maximum atomic E-state index is 5.87. The summed E-state index contributed by atoms with van der Waals surface area (Å²) in [5.41, 5.74) is 0.309. The van der Waals surface area contributed by atoms with Crippen molar-refractivity contribution < 1.29 is 4.74 Å². The number of rotatable bonds is 3. The van der Waals surface area contributed by atoms with Crippen molar-refractivity contribution in [2.75, 3.05) is 13.2 Å². The highest BCUT2D eigenvalue weighted by Gasteiger charge is 2.42. The maximum Gasteiger partial charge on any atom is 0.0697 e. The lowest BCUT2D eigenvalue weighted by Gasteiger charge is -2.47. The van der Waals surface area contributed by atoms with Crippen LogP contribution in [0.15, 0.2) is 0 Å². The first-order valence-electron chi connectivity index (χ1n) is 5.72. The highest BCUT2D eigenvalue weighted by molar-refractivity contribution is 4.95. The molecule has 0 aromatic heterocycles. The first kappa shape index (κ1) is 9.47. The van der Waals surface area contributed by atoms with Crippen LogP contribution >= 0.6 is 0 Å². The molecule has 2 heteroatoms. The van der Waals surface area contributed by atoms with Crippen LogP contribution < -0.4 is 5.32 Å². The van der Waals surface area contributed by atoms with E-state index in [9.17, 15) is 0 Å². The molecule has 0 aromatic carbocycles. The van der Waals surface area contributed by atoms with Gasteiger partial charge in [0.05, 0.1) is 5.60 Å². The van der Waals surface area contributed by atoms with Gasteiger partial charge in [0.25, 0.3) is 0 Å². The lowest BCUT2D eigenvalue weighted by Crippen LogP contribution is -2.51. The fourth-order valence-corrected chi connectivity index (χ4v) is 2.47. The van der Waals surface area contributed by atoms with Gasteiger partial charge in [-0.15, -0.1) is 0 Å². The smallest absolute Gasteiger partial charge is 0.0697 e. The fourth-order valence-electron chi connectivity index (χ4n) is 2.47. The molecule has 1 saturated heterocycles. The van der Waals surface area contributed by atoms with E-state index < -0.39 is 0 Å². The van der Waals surface area contributed by atoms with Gasteiger partial charge in [-0.3, -0.25) is 0 Å². The van der Waals surface area contributed by atoms with Crippen LogP contribution in [0.25, 0.3) is 0 Å². The van der Waals surface area contributed by atoms with E-state index in [0.29, 0.717) is 5.60 Å². The van der Waals surface area contributed by atoms with Gasteiger partial charge in [-0.2, -0.15) is 0 Å². The molecule has 2 nitrogen and oxygen atoms in total. The summed E-state index contributed by atoms with van der Waals surface area (Å²) in [5.74, 6) is 0. The predicted octanol–water partition coefficient (Wildman–Crippen LogP) is 2.09. The number of ether oxygens (including phenoxy) is 1. The molecule has 2 aliphatic rings. The van der Waals surface area contributed by atoms with Crippen LogP contribution in [0, 0.1) is 0 Å². The molecule has 1 atom stereocenters. The Labute approximate surface area is 81.0 Å². The minimum atomic E-state index is 0.309. The van der Waals surface area contributed by atoms with Crippen LogP contribution in [-0.4, -0.2) is 24.8 Å². The van der Waals surface area contributed by atoms with Crippen molar-refractivity contribution in [3.05, 3.63) is 0 Å². The second-order valence-electron chi connectivity index (χ2n) is 4.53. The summed E-state index contributed by atoms with van der Waals surface area (Å²) >= 11 is 0. The molecule has 0 radical (unpaired) electrons. The molecule has 13 heavy (non-hydrogen) atoms. The average Bonchev–Trinajstić information content (AvgIpc) is 2.13. The second-order valence-corrected chi connectivity index (χ2v) is 4.53. The summed E-state index contributed by atoms with van der Waals surface area (Å²) in [6.45, 7) is 4.37. The molecule has 1 aliphatic heterocycles. The van der Waals surface area contributed by atoms with Gasteiger partial charge in [0.1, 0.15) is 0 Å². The topological polar surface area (TPSA) is 21.3 Å². The molecular weight excluding hydrogens is 162 g/mol. The molecule has 0 aromatic rings. The number of nitrogens with one attached hydrogen (secondary N) is 1. The summed E-state index contributed by atoms with van der Waals surface area (Å²) < 4.78 is 5.87. The molecule has 2 rings (SSSR count). The summed E-state index contributed by atoms with van der Waals surface area (Å²) in [4.78, 5) is 0. The van der Waals surface area contributed by atoms with E-state index in [-0.39, 0.29) is 0 Å². The Bertz CT molecular complexity index is 165. The molecule has 1 aliphatic carbocycles. The van der Waals surface area contributed by atoms with Gasteiger partial charge >= 0.3 is 0 Å². The van der Waals surface area contributed by atoms with Crippen LogP contribution in [0.4, 0.5) is 0 Å². The third kappa shape index (κ3) is 2.05. The largest absolute Gasteiger partial charge is 0.375 e. The molecule has 0 bridgehead atoms. The van der Waals surface area contributed by atoms with Crippen molar-refractivity contribution in [1.29, 1.82) is 0 Å². The quantitative estimate of drug-likeness (QED) is 0.723. The Balaban J connectivity index is 1.78. The Morgan fingerprint density at radius 1 is 1.46 bits per heavy atom. The zero-order valence-electron chi connectivity index (χ0n) is 8.64. The van der Waals surface area contributed by atoms with E-state index in [1.807, 2.05) is 0 Å². The van der Waals surface area contributed by atoms with Gasteiger partial charge in [0.2, 0.25) is 0 Å². The molecule has 1 spiro atoms. The molecule has 1 heterocycles. The van der Waals surface area contributed by atoms with E-state index in [1.165, 1.54) is 45.1 Å². The van der Waals surface area contributed by atoms with Crippen molar-refractivity contribution in [3.8, 4) is 0 Å². The van der Waals surface area contributed by atoms with Gasteiger partial charge in [-0.1, -0.05) is 6.92 Å².